The summed E-state index contributed by atoms with van der Waals surface area (Å²) in [6.45, 7) is 0. The quantitative estimate of drug-likeness (QED) is 0.796. The summed E-state index contributed by atoms with van der Waals surface area (Å²) in [6.07, 6.45) is 1.95. The average Bonchev–Trinajstić information content (AvgIpc) is 2.67. The Morgan fingerprint density at radius 2 is 2.07 bits per heavy atom. The van der Waals surface area contributed by atoms with Crippen molar-refractivity contribution in [1.82, 2.24) is 10.2 Å². The van der Waals surface area contributed by atoms with Gasteiger partial charge >= 0.3 is 0 Å². The van der Waals surface area contributed by atoms with Gasteiger partial charge in [0.1, 0.15) is 5.75 Å². The molecule has 0 aliphatic rings. The van der Waals surface area contributed by atoms with Crippen LogP contribution in [0.5, 0.6) is 5.75 Å². The van der Waals surface area contributed by atoms with Crippen LogP contribution < -0.4 is 0 Å². The SMILES string of the molecule is CSc1nnc(-c2ccccc2O)s1. The molecule has 0 bridgehead atoms. The minimum Gasteiger partial charge on any atom is -0.507 e. The summed E-state index contributed by atoms with van der Waals surface area (Å²) in [7, 11) is 0. The Kier molecular flexibility index (Phi) is 2.69. The van der Waals surface area contributed by atoms with E-state index in [1.165, 1.54) is 11.3 Å². The minimum absolute atomic E-state index is 0.247. The first kappa shape index (κ1) is 9.48. The molecule has 3 nitrogen and oxygen atoms in total. The predicted octanol–water partition coefficient (Wildman–Crippen LogP) is 2.63. The van der Waals surface area contributed by atoms with Gasteiger partial charge in [-0.3, -0.25) is 0 Å². The Morgan fingerprint density at radius 1 is 1.29 bits per heavy atom. The van der Waals surface area contributed by atoms with E-state index in [2.05, 4.69) is 10.2 Å². The number of hydrogen-bond acceptors (Lipinski definition) is 5. The highest BCUT2D eigenvalue weighted by molar-refractivity contribution is 8.00. The zero-order chi connectivity index (χ0) is 9.97. The summed E-state index contributed by atoms with van der Waals surface area (Å²) < 4.78 is 0.906. The van der Waals surface area contributed by atoms with Crippen molar-refractivity contribution in [2.45, 2.75) is 4.34 Å². The van der Waals surface area contributed by atoms with Crippen LogP contribution in [0, 0.1) is 0 Å². The maximum atomic E-state index is 9.58. The fourth-order valence-corrected chi connectivity index (χ4v) is 2.36. The molecule has 0 amide bonds. The van der Waals surface area contributed by atoms with Gasteiger partial charge in [-0.25, -0.2) is 0 Å². The third-order valence-electron chi connectivity index (χ3n) is 1.72. The summed E-state index contributed by atoms with van der Waals surface area (Å²) in [5.41, 5.74) is 0.741. The van der Waals surface area contributed by atoms with E-state index in [1.54, 1.807) is 23.9 Å². The zero-order valence-electron chi connectivity index (χ0n) is 7.47. The van der Waals surface area contributed by atoms with Gasteiger partial charge in [-0.2, -0.15) is 0 Å². The van der Waals surface area contributed by atoms with Crippen molar-refractivity contribution in [3.05, 3.63) is 24.3 Å². The smallest absolute Gasteiger partial charge is 0.174 e. The molecule has 0 saturated heterocycles. The second-order valence-corrected chi connectivity index (χ2v) is 4.63. The molecule has 0 saturated carbocycles. The van der Waals surface area contributed by atoms with Crippen molar-refractivity contribution in [2.75, 3.05) is 6.26 Å². The lowest BCUT2D eigenvalue weighted by Crippen LogP contribution is -1.77. The van der Waals surface area contributed by atoms with Gasteiger partial charge in [0.05, 0.1) is 5.56 Å². The summed E-state index contributed by atoms with van der Waals surface area (Å²) in [4.78, 5) is 0. The molecule has 0 aliphatic carbocycles. The van der Waals surface area contributed by atoms with E-state index >= 15 is 0 Å². The number of phenols is 1. The number of aromatic nitrogens is 2. The lowest BCUT2D eigenvalue weighted by molar-refractivity contribution is 0.477. The van der Waals surface area contributed by atoms with E-state index in [0.29, 0.717) is 0 Å². The number of rotatable bonds is 2. The molecule has 14 heavy (non-hydrogen) atoms. The Hall–Kier alpha value is -1.07. The van der Waals surface area contributed by atoms with Gasteiger partial charge in [0.2, 0.25) is 0 Å². The maximum absolute atomic E-state index is 9.58. The van der Waals surface area contributed by atoms with Gasteiger partial charge in [0, 0.05) is 0 Å². The molecule has 1 N–H and O–H groups in total. The van der Waals surface area contributed by atoms with Gasteiger partial charge in [-0.1, -0.05) is 35.2 Å². The highest BCUT2D eigenvalue weighted by atomic mass is 32.2. The van der Waals surface area contributed by atoms with Gasteiger partial charge < -0.3 is 5.11 Å². The van der Waals surface area contributed by atoms with E-state index < -0.39 is 0 Å². The van der Waals surface area contributed by atoms with Gasteiger partial charge in [-0.15, -0.1) is 10.2 Å². The largest absolute Gasteiger partial charge is 0.507 e. The zero-order valence-corrected chi connectivity index (χ0v) is 9.10. The van der Waals surface area contributed by atoms with Crippen molar-refractivity contribution in [2.24, 2.45) is 0 Å². The fraction of sp³-hybridized carbons (Fsp3) is 0.111. The monoisotopic (exact) mass is 224 g/mol. The molecule has 0 unspecified atom stereocenters. The van der Waals surface area contributed by atoms with E-state index in [1.807, 2.05) is 18.4 Å². The topological polar surface area (TPSA) is 46.0 Å². The van der Waals surface area contributed by atoms with Gasteiger partial charge in [0.25, 0.3) is 0 Å². The molecule has 0 radical (unpaired) electrons. The maximum Gasteiger partial charge on any atom is 0.174 e. The van der Waals surface area contributed by atoms with Crippen molar-refractivity contribution in [3.8, 4) is 16.3 Å². The standard InChI is InChI=1S/C9H8N2OS2/c1-13-9-11-10-8(14-9)6-4-2-3-5-7(6)12/h2-5,12H,1H3. The van der Waals surface area contributed by atoms with E-state index in [0.717, 1.165) is 14.9 Å². The van der Waals surface area contributed by atoms with Crippen LogP contribution in [0.4, 0.5) is 0 Å². The number of nitrogens with zero attached hydrogens (tertiary/aromatic N) is 2. The number of para-hydroxylation sites is 1. The molecule has 1 aromatic carbocycles. The number of hydrogen-bond donors (Lipinski definition) is 1. The number of thioether (sulfide) groups is 1. The van der Waals surface area contributed by atoms with Crippen LogP contribution >= 0.6 is 23.1 Å². The number of aromatic hydroxyl groups is 1. The van der Waals surface area contributed by atoms with Crippen molar-refractivity contribution in [3.63, 3.8) is 0 Å². The summed E-state index contributed by atoms with van der Waals surface area (Å²) in [5.74, 6) is 0.247. The molecule has 1 aromatic heterocycles. The molecule has 72 valence electrons. The van der Waals surface area contributed by atoms with Crippen molar-refractivity contribution < 1.29 is 5.11 Å². The summed E-state index contributed by atoms with van der Waals surface area (Å²) in [5, 5.41) is 18.3. The molecule has 2 rings (SSSR count). The molecule has 0 fully saturated rings. The molecule has 2 aromatic rings. The molecular formula is C9H8N2OS2. The molecular weight excluding hydrogens is 216 g/mol. The minimum atomic E-state index is 0.247. The van der Waals surface area contributed by atoms with Crippen LogP contribution in [0.15, 0.2) is 28.6 Å². The highest BCUT2D eigenvalue weighted by Crippen LogP contribution is 2.33. The third kappa shape index (κ3) is 1.73. The molecule has 1 heterocycles. The van der Waals surface area contributed by atoms with E-state index in [9.17, 15) is 5.11 Å². The van der Waals surface area contributed by atoms with Gasteiger partial charge in [-0.05, 0) is 18.4 Å². The second kappa shape index (κ2) is 3.98. The van der Waals surface area contributed by atoms with Gasteiger partial charge in [0.15, 0.2) is 9.35 Å². The van der Waals surface area contributed by atoms with E-state index in [4.69, 9.17) is 0 Å². The van der Waals surface area contributed by atoms with Crippen molar-refractivity contribution in [1.29, 1.82) is 0 Å². The normalized spacial score (nSPS) is 10.4. The molecule has 5 heteroatoms. The van der Waals surface area contributed by atoms with Crippen LogP contribution in [0.2, 0.25) is 0 Å². The van der Waals surface area contributed by atoms with Crippen LogP contribution in [-0.4, -0.2) is 21.6 Å². The predicted molar refractivity (Wildman–Crippen MR) is 58.8 cm³/mol. The Bertz CT molecular complexity index is 442. The lowest BCUT2D eigenvalue weighted by atomic mass is 10.2. The van der Waals surface area contributed by atoms with Crippen molar-refractivity contribution >= 4 is 23.1 Å². The Morgan fingerprint density at radius 3 is 2.71 bits per heavy atom. The molecule has 0 atom stereocenters. The molecule has 0 aliphatic heterocycles. The van der Waals surface area contributed by atoms with Crippen LogP contribution in [0.3, 0.4) is 0 Å². The lowest BCUT2D eigenvalue weighted by Gasteiger charge is -1.97. The average molecular weight is 224 g/mol. The third-order valence-corrected chi connectivity index (χ3v) is 3.65. The van der Waals surface area contributed by atoms with Crippen LogP contribution in [0.25, 0.3) is 10.6 Å². The van der Waals surface area contributed by atoms with Crippen LogP contribution in [0.1, 0.15) is 0 Å². The van der Waals surface area contributed by atoms with E-state index in [-0.39, 0.29) is 5.75 Å². The van der Waals surface area contributed by atoms with Crippen LogP contribution in [-0.2, 0) is 0 Å². The summed E-state index contributed by atoms with van der Waals surface area (Å²) >= 11 is 3.03. The first-order chi connectivity index (χ1) is 6.81. The Balaban J connectivity index is 2.44. The Labute approximate surface area is 89.8 Å². The highest BCUT2D eigenvalue weighted by Gasteiger charge is 2.08. The second-order valence-electron chi connectivity index (χ2n) is 2.59. The fourth-order valence-electron chi connectivity index (χ4n) is 1.06. The number of phenolic OH excluding ortho intramolecular Hbond substituents is 1. The summed E-state index contributed by atoms with van der Waals surface area (Å²) in [6, 6.07) is 7.14. The first-order valence-electron chi connectivity index (χ1n) is 3.97. The number of benzene rings is 1. The molecule has 0 spiro atoms. The first-order valence-corrected chi connectivity index (χ1v) is 6.01.